The molecule has 0 amide bonds. The van der Waals surface area contributed by atoms with Crippen molar-refractivity contribution in [2.75, 3.05) is 0 Å². The van der Waals surface area contributed by atoms with E-state index < -0.39 is 0 Å². The molecule has 0 saturated heterocycles. The van der Waals surface area contributed by atoms with Crippen LogP contribution in [-0.4, -0.2) is 0 Å². The maximum Gasteiger partial charge on any atom is 0.0993 e. The zero-order valence-electron chi connectivity index (χ0n) is 8.27. The van der Waals surface area contributed by atoms with Gasteiger partial charge in [-0.3, -0.25) is 0 Å². The van der Waals surface area contributed by atoms with Gasteiger partial charge in [0.1, 0.15) is 0 Å². The molecule has 0 spiro atoms. The van der Waals surface area contributed by atoms with E-state index in [0.29, 0.717) is 11.8 Å². The Bertz CT molecular complexity index is 189. The molecule has 0 nitrogen and oxygen atoms in total. The number of allylic oxidation sites excluding steroid dienone is 2. The third-order valence-electron chi connectivity index (χ3n) is 3.63. The van der Waals surface area contributed by atoms with Gasteiger partial charge >= 0.3 is 0 Å². The summed E-state index contributed by atoms with van der Waals surface area (Å²) in [7, 11) is 0. The highest BCUT2D eigenvalue weighted by molar-refractivity contribution is 5.03. The normalized spacial score (nSPS) is 31.5. The SMILES string of the molecule is FC1=CCCCC1C1CCCCC1. The van der Waals surface area contributed by atoms with Crippen molar-refractivity contribution in [2.45, 2.75) is 51.4 Å². The van der Waals surface area contributed by atoms with E-state index in [1.807, 2.05) is 6.08 Å². The second-order valence-corrected chi connectivity index (χ2v) is 4.52. The van der Waals surface area contributed by atoms with Crippen LogP contribution in [-0.2, 0) is 0 Å². The number of hydrogen-bond acceptors (Lipinski definition) is 0. The average molecular weight is 182 g/mol. The molecule has 0 aromatic carbocycles. The first-order valence-corrected chi connectivity index (χ1v) is 5.73. The smallest absolute Gasteiger partial charge is 0.0993 e. The predicted octanol–water partition coefficient (Wildman–Crippen LogP) is 4.22. The Labute approximate surface area is 80.2 Å². The van der Waals surface area contributed by atoms with Gasteiger partial charge in [0.05, 0.1) is 5.83 Å². The molecule has 0 aliphatic heterocycles. The van der Waals surface area contributed by atoms with Gasteiger partial charge in [-0.1, -0.05) is 25.3 Å². The summed E-state index contributed by atoms with van der Waals surface area (Å²) in [6, 6.07) is 0. The number of halogens is 1. The van der Waals surface area contributed by atoms with E-state index in [1.165, 1.54) is 38.5 Å². The molecule has 74 valence electrons. The van der Waals surface area contributed by atoms with Crippen LogP contribution in [0.25, 0.3) is 0 Å². The third kappa shape index (κ3) is 2.12. The average Bonchev–Trinajstić information content (AvgIpc) is 2.20. The molecule has 1 atom stereocenters. The zero-order chi connectivity index (χ0) is 9.10. The van der Waals surface area contributed by atoms with Gasteiger partial charge in [-0.25, -0.2) is 4.39 Å². The van der Waals surface area contributed by atoms with Crippen LogP contribution in [0.15, 0.2) is 11.9 Å². The van der Waals surface area contributed by atoms with Crippen LogP contribution in [0.3, 0.4) is 0 Å². The van der Waals surface area contributed by atoms with Crippen molar-refractivity contribution >= 4 is 0 Å². The number of rotatable bonds is 1. The maximum atomic E-state index is 13.5. The Morgan fingerprint density at radius 1 is 1.00 bits per heavy atom. The lowest BCUT2D eigenvalue weighted by Crippen LogP contribution is -2.20. The molecule has 0 N–H and O–H groups in total. The Hall–Kier alpha value is -0.330. The number of hydrogen-bond donors (Lipinski definition) is 0. The molecule has 0 aromatic heterocycles. The van der Waals surface area contributed by atoms with Gasteiger partial charge in [-0.15, -0.1) is 0 Å². The molecular weight excluding hydrogens is 163 g/mol. The molecule has 13 heavy (non-hydrogen) atoms. The fraction of sp³-hybridized carbons (Fsp3) is 0.833. The van der Waals surface area contributed by atoms with Crippen molar-refractivity contribution in [3.8, 4) is 0 Å². The van der Waals surface area contributed by atoms with E-state index in [9.17, 15) is 4.39 Å². The second-order valence-electron chi connectivity index (χ2n) is 4.52. The maximum absolute atomic E-state index is 13.5. The molecule has 1 fully saturated rings. The quantitative estimate of drug-likeness (QED) is 0.569. The van der Waals surface area contributed by atoms with Gasteiger partial charge in [0.15, 0.2) is 0 Å². The highest BCUT2D eigenvalue weighted by Gasteiger charge is 2.27. The van der Waals surface area contributed by atoms with Gasteiger partial charge in [-0.05, 0) is 38.0 Å². The van der Waals surface area contributed by atoms with E-state index in [2.05, 4.69) is 0 Å². The van der Waals surface area contributed by atoms with Crippen molar-refractivity contribution in [1.82, 2.24) is 0 Å². The molecule has 2 aliphatic carbocycles. The molecule has 2 rings (SSSR count). The van der Waals surface area contributed by atoms with Gasteiger partial charge in [0.2, 0.25) is 0 Å². The van der Waals surface area contributed by atoms with Crippen LogP contribution < -0.4 is 0 Å². The van der Waals surface area contributed by atoms with E-state index in [1.54, 1.807) is 0 Å². The van der Waals surface area contributed by atoms with Crippen LogP contribution in [0, 0.1) is 11.8 Å². The summed E-state index contributed by atoms with van der Waals surface area (Å²) in [6.07, 6.45) is 11.7. The summed E-state index contributed by atoms with van der Waals surface area (Å²) < 4.78 is 13.5. The molecule has 0 bridgehead atoms. The second kappa shape index (κ2) is 4.26. The van der Waals surface area contributed by atoms with Crippen molar-refractivity contribution in [3.05, 3.63) is 11.9 Å². The first-order valence-electron chi connectivity index (χ1n) is 5.73. The van der Waals surface area contributed by atoms with Crippen LogP contribution in [0.1, 0.15) is 51.4 Å². The predicted molar refractivity (Wildman–Crippen MR) is 53.1 cm³/mol. The lowest BCUT2D eigenvalue weighted by molar-refractivity contribution is 0.227. The highest BCUT2D eigenvalue weighted by atomic mass is 19.1. The summed E-state index contributed by atoms with van der Waals surface area (Å²) in [5, 5.41) is 0. The third-order valence-corrected chi connectivity index (χ3v) is 3.63. The molecule has 1 heteroatoms. The van der Waals surface area contributed by atoms with E-state index in [0.717, 1.165) is 12.8 Å². The minimum absolute atomic E-state index is 0.207. The van der Waals surface area contributed by atoms with Crippen molar-refractivity contribution < 1.29 is 4.39 Å². The minimum atomic E-state index is 0.207. The van der Waals surface area contributed by atoms with E-state index >= 15 is 0 Å². The Morgan fingerprint density at radius 2 is 1.77 bits per heavy atom. The summed E-state index contributed by atoms with van der Waals surface area (Å²) in [4.78, 5) is 0. The fourth-order valence-corrected chi connectivity index (χ4v) is 2.86. The molecule has 1 unspecified atom stereocenters. The van der Waals surface area contributed by atoms with Crippen LogP contribution in [0.5, 0.6) is 0 Å². The largest absolute Gasteiger partial charge is 0.212 e. The molecule has 1 saturated carbocycles. The van der Waals surface area contributed by atoms with Crippen molar-refractivity contribution in [2.24, 2.45) is 11.8 Å². The topological polar surface area (TPSA) is 0 Å². The Kier molecular flexibility index (Phi) is 3.02. The van der Waals surface area contributed by atoms with Gasteiger partial charge in [0.25, 0.3) is 0 Å². The van der Waals surface area contributed by atoms with Crippen molar-refractivity contribution in [3.63, 3.8) is 0 Å². The summed E-state index contributed by atoms with van der Waals surface area (Å²) >= 11 is 0. The van der Waals surface area contributed by atoms with E-state index in [4.69, 9.17) is 0 Å². The lowest BCUT2D eigenvalue weighted by atomic mass is 9.75. The monoisotopic (exact) mass is 182 g/mol. The molecule has 0 heterocycles. The van der Waals surface area contributed by atoms with Crippen LogP contribution >= 0.6 is 0 Å². The Morgan fingerprint density at radius 3 is 2.46 bits per heavy atom. The van der Waals surface area contributed by atoms with Crippen molar-refractivity contribution in [1.29, 1.82) is 0 Å². The standard InChI is InChI=1S/C12H19F/c13-12-9-5-4-8-11(12)10-6-2-1-3-7-10/h9-11H,1-8H2. The van der Waals surface area contributed by atoms with Crippen LogP contribution in [0.4, 0.5) is 4.39 Å². The molecule has 2 aliphatic rings. The van der Waals surface area contributed by atoms with E-state index in [-0.39, 0.29) is 5.83 Å². The summed E-state index contributed by atoms with van der Waals surface area (Å²) in [5.41, 5.74) is 0. The first-order chi connectivity index (χ1) is 6.38. The van der Waals surface area contributed by atoms with Crippen LogP contribution in [0.2, 0.25) is 0 Å². The first kappa shape index (κ1) is 9.23. The lowest BCUT2D eigenvalue weighted by Gasteiger charge is -2.31. The summed E-state index contributed by atoms with van der Waals surface area (Å²) in [6.45, 7) is 0. The molecule has 0 radical (unpaired) electrons. The molecular formula is C12H19F. The molecule has 0 aromatic rings. The summed E-state index contributed by atoms with van der Waals surface area (Å²) in [5.74, 6) is 1.18. The highest BCUT2D eigenvalue weighted by Crippen LogP contribution is 2.39. The van der Waals surface area contributed by atoms with Gasteiger partial charge in [0, 0.05) is 5.92 Å². The van der Waals surface area contributed by atoms with Gasteiger partial charge < -0.3 is 0 Å². The Balaban J connectivity index is 1.97. The minimum Gasteiger partial charge on any atom is -0.212 e. The fourth-order valence-electron chi connectivity index (χ4n) is 2.86. The van der Waals surface area contributed by atoms with Gasteiger partial charge in [-0.2, -0.15) is 0 Å². The zero-order valence-corrected chi connectivity index (χ0v) is 8.27.